The van der Waals surface area contributed by atoms with Crippen molar-refractivity contribution in [1.82, 2.24) is 5.32 Å². The molecule has 0 radical (unpaired) electrons. The number of ketones is 1. The van der Waals surface area contributed by atoms with E-state index in [9.17, 15) is 9.59 Å². The molecule has 1 aromatic heterocycles. The SMILES string of the molecule is CCC(CC)Nc1sc(C(=O)C(C)C)c(N)c1C(=O)NC. The molecular formula is C15H25N3O2S. The van der Waals surface area contributed by atoms with Crippen molar-refractivity contribution >= 4 is 33.7 Å². The third-order valence-corrected chi connectivity index (χ3v) is 4.62. The predicted molar refractivity (Wildman–Crippen MR) is 89.3 cm³/mol. The zero-order valence-electron chi connectivity index (χ0n) is 13.4. The highest BCUT2D eigenvalue weighted by molar-refractivity contribution is 7.19. The van der Waals surface area contributed by atoms with Crippen molar-refractivity contribution in [3.8, 4) is 0 Å². The first kappa shape index (κ1) is 17.5. The van der Waals surface area contributed by atoms with E-state index in [2.05, 4.69) is 24.5 Å². The monoisotopic (exact) mass is 311 g/mol. The molecule has 6 heteroatoms. The highest BCUT2D eigenvalue weighted by Gasteiger charge is 2.26. The minimum absolute atomic E-state index is 0.0275. The number of rotatable bonds is 7. The van der Waals surface area contributed by atoms with Gasteiger partial charge in [-0.3, -0.25) is 9.59 Å². The van der Waals surface area contributed by atoms with Crippen LogP contribution in [0.2, 0.25) is 0 Å². The van der Waals surface area contributed by atoms with Crippen LogP contribution in [0.5, 0.6) is 0 Å². The molecule has 5 nitrogen and oxygen atoms in total. The van der Waals surface area contributed by atoms with Crippen LogP contribution in [0.25, 0.3) is 0 Å². The van der Waals surface area contributed by atoms with Crippen LogP contribution >= 0.6 is 11.3 Å². The summed E-state index contributed by atoms with van der Waals surface area (Å²) in [5.74, 6) is -0.440. The van der Waals surface area contributed by atoms with Gasteiger partial charge in [0.2, 0.25) is 0 Å². The van der Waals surface area contributed by atoms with E-state index in [1.54, 1.807) is 7.05 Å². The Labute approximate surface area is 130 Å². The topological polar surface area (TPSA) is 84.2 Å². The van der Waals surface area contributed by atoms with Crippen LogP contribution in [0.15, 0.2) is 0 Å². The largest absolute Gasteiger partial charge is 0.397 e. The Bertz CT molecular complexity index is 519. The molecule has 1 aromatic rings. The van der Waals surface area contributed by atoms with Gasteiger partial charge in [-0.15, -0.1) is 11.3 Å². The van der Waals surface area contributed by atoms with E-state index in [0.717, 1.165) is 12.8 Å². The van der Waals surface area contributed by atoms with Crippen molar-refractivity contribution in [3.63, 3.8) is 0 Å². The summed E-state index contributed by atoms with van der Waals surface area (Å²) < 4.78 is 0. The Morgan fingerprint density at radius 3 is 2.24 bits per heavy atom. The Morgan fingerprint density at radius 1 is 1.24 bits per heavy atom. The average molecular weight is 311 g/mol. The van der Waals surface area contributed by atoms with Gasteiger partial charge in [-0.2, -0.15) is 0 Å². The molecule has 0 fully saturated rings. The van der Waals surface area contributed by atoms with Crippen LogP contribution in [-0.4, -0.2) is 24.8 Å². The Kier molecular flexibility index (Phi) is 6.20. The minimum Gasteiger partial charge on any atom is -0.397 e. The fourth-order valence-electron chi connectivity index (χ4n) is 2.02. The standard InChI is InChI=1S/C15H25N3O2S/c1-6-9(7-2)18-15-10(14(20)17-5)11(16)13(21-15)12(19)8(3)4/h8-9,18H,6-7,16H2,1-5H3,(H,17,20). The highest BCUT2D eigenvalue weighted by Crippen LogP contribution is 2.37. The lowest BCUT2D eigenvalue weighted by atomic mass is 10.1. The number of nitrogens with one attached hydrogen (secondary N) is 2. The van der Waals surface area contributed by atoms with E-state index < -0.39 is 0 Å². The quantitative estimate of drug-likeness (QED) is 0.675. The Morgan fingerprint density at radius 2 is 1.81 bits per heavy atom. The van der Waals surface area contributed by atoms with Crippen molar-refractivity contribution in [2.45, 2.75) is 46.6 Å². The number of hydrogen-bond donors (Lipinski definition) is 3. The van der Waals surface area contributed by atoms with Gasteiger partial charge in [0.05, 0.1) is 16.1 Å². The van der Waals surface area contributed by atoms with Crippen LogP contribution in [-0.2, 0) is 0 Å². The molecule has 21 heavy (non-hydrogen) atoms. The fourth-order valence-corrected chi connectivity index (χ4v) is 3.30. The van der Waals surface area contributed by atoms with Gasteiger partial charge in [0, 0.05) is 19.0 Å². The summed E-state index contributed by atoms with van der Waals surface area (Å²) >= 11 is 1.28. The first-order valence-electron chi connectivity index (χ1n) is 7.32. The molecule has 0 aliphatic rings. The van der Waals surface area contributed by atoms with E-state index in [1.165, 1.54) is 11.3 Å². The van der Waals surface area contributed by atoms with Crippen LogP contribution in [0.4, 0.5) is 10.7 Å². The molecular weight excluding hydrogens is 286 g/mol. The second-order valence-corrected chi connectivity index (χ2v) is 6.33. The maximum absolute atomic E-state index is 12.2. The molecule has 0 saturated heterocycles. The lowest BCUT2D eigenvalue weighted by Gasteiger charge is -2.15. The molecule has 1 rings (SSSR count). The molecule has 118 valence electrons. The maximum Gasteiger partial charge on any atom is 0.256 e. The number of nitrogen functional groups attached to an aromatic ring is 1. The molecule has 0 atom stereocenters. The molecule has 0 aliphatic heterocycles. The highest BCUT2D eigenvalue weighted by atomic mass is 32.1. The predicted octanol–water partition coefficient (Wildman–Crippen LogP) is 3.13. The first-order chi connectivity index (χ1) is 9.87. The van der Waals surface area contributed by atoms with Gasteiger partial charge in [0.25, 0.3) is 5.91 Å². The number of anilines is 2. The lowest BCUT2D eigenvalue weighted by molar-refractivity contribution is 0.0944. The van der Waals surface area contributed by atoms with Crippen molar-refractivity contribution in [2.24, 2.45) is 5.92 Å². The van der Waals surface area contributed by atoms with Crippen LogP contribution in [0, 0.1) is 5.92 Å². The first-order valence-corrected chi connectivity index (χ1v) is 8.13. The van der Waals surface area contributed by atoms with Gasteiger partial charge in [-0.1, -0.05) is 27.7 Å². The Hall–Kier alpha value is -1.56. The van der Waals surface area contributed by atoms with Gasteiger partial charge < -0.3 is 16.4 Å². The van der Waals surface area contributed by atoms with Gasteiger partial charge in [0.15, 0.2) is 5.78 Å². The van der Waals surface area contributed by atoms with Gasteiger partial charge >= 0.3 is 0 Å². The van der Waals surface area contributed by atoms with Crippen molar-refractivity contribution in [3.05, 3.63) is 10.4 Å². The molecule has 1 heterocycles. The van der Waals surface area contributed by atoms with E-state index in [4.69, 9.17) is 5.73 Å². The summed E-state index contributed by atoms with van der Waals surface area (Å²) in [7, 11) is 1.56. The summed E-state index contributed by atoms with van der Waals surface area (Å²) in [5, 5.41) is 6.62. The Balaban J connectivity index is 3.30. The second kappa shape index (κ2) is 7.45. The zero-order valence-corrected chi connectivity index (χ0v) is 14.2. The summed E-state index contributed by atoms with van der Waals surface area (Å²) in [5.41, 5.74) is 6.74. The number of Topliss-reactive ketones (excluding diaryl/α,β-unsaturated/α-hetero) is 1. The summed E-state index contributed by atoms with van der Waals surface area (Å²) in [6.45, 7) is 7.82. The van der Waals surface area contributed by atoms with Crippen molar-refractivity contribution < 1.29 is 9.59 Å². The number of carbonyl (C=O) groups excluding carboxylic acids is 2. The number of nitrogens with two attached hydrogens (primary N) is 1. The molecule has 0 unspecified atom stereocenters. The van der Waals surface area contributed by atoms with Gasteiger partial charge in [-0.25, -0.2) is 0 Å². The van der Waals surface area contributed by atoms with E-state index in [1.807, 2.05) is 13.8 Å². The normalized spacial score (nSPS) is 11.0. The zero-order chi connectivity index (χ0) is 16.2. The molecule has 0 aromatic carbocycles. The molecule has 4 N–H and O–H groups in total. The summed E-state index contributed by atoms with van der Waals surface area (Å²) in [6, 6.07) is 0.258. The van der Waals surface area contributed by atoms with Crippen LogP contribution in [0.1, 0.15) is 60.6 Å². The molecule has 0 bridgehead atoms. The smallest absolute Gasteiger partial charge is 0.256 e. The number of amides is 1. The lowest BCUT2D eigenvalue weighted by Crippen LogP contribution is -2.23. The molecule has 1 amide bonds. The number of thiophene rings is 1. The molecule has 0 saturated carbocycles. The molecule has 0 aliphatic carbocycles. The average Bonchev–Trinajstić information content (AvgIpc) is 2.79. The van der Waals surface area contributed by atoms with Crippen molar-refractivity contribution in [1.29, 1.82) is 0 Å². The molecule has 0 spiro atoms. The fraction of sp³-hybridized carbons (Fsp3) is 0.600. The van der Waals surface area contributed by atoms with Crippen LogP contribution < -0.4 is 16.4 Å². The summed E-state index contributed by atoms with van der Waals surface area (Å²) in [4.78, 5) is 24.8. The number of carbonyl (C=O) groups is 2. The summed E-state index contributed by atoms with van der Waals surface area (Å²) in [6.07, 6.45) is 1.88. The van der Waals surface area contributed by atoms with Crippen molar-refractivity contribution in [2.75, 3.05) is 18.1 Å². The van der Waals surface area contributed by atoms with E-state index in [-0.39, 0.29) is 29.3 Å². The maximum atomic E-state index is 12.2. The number of hydrogen-bond acceptors (Lipinski definition) is 5. The van der Waals surface area contributed by atoms with E-state index in [0.29, 0.717) is 15.4 Å². The van der Waals surface area contributed by atoms with Gasteiger partial charge in [-0.05, 0) is 12.8 Å². The third kappa shape index (κ3) is 3.75. The third-order valence-electron chi connectivity index (χ3n) is 3.47. The van der Waals surface area contributed by atoms with Crippen LogP contribution in [0.3, 0.4) is 0 Å². The second-order valence-electron chi connectivity index (χ2n) is 5.30. The van der Waals surface area contributed by atoms with Gasteiger partial charge in [0.1, 0.15) is 5.00 Å². The minimum atomic E-state index is -0.264. The van der Waals surface area contributed by atoms with E-state index >= 15 is 0 Å².